The Morgan fingerprint density at radius 2 is 1.70 bits per heavy atom. The number of hydrogen-bond donors (Lipinski definition) is 3. The number of amides is 2. The van der Waals surface area contributed by atoms with Gasteiger partial charge in [0.1, 0.15) is 5.75 Å². The fraction of sp³-hybridized carbons (Fsp3) is 0.310. The van der Waals surface area contributed by atoms with E-state index in [1.165, 1.54) is 6.92 Å². The first-order valence-corrected chi connectivity index (χ1v) is 12.2. The van der Waals surface area contributed by atoms with Crippen LogP contribution in [0.15, 0.2) is 66.7 Å². The van der Waals surface area contributed by atoms with Crippen molar-refractivity contribution in [2.75, 3.05) is 11.9 Å². The van der Waals surface area contributed by atoms with Gasteiger partial charge in [-0.3, -0.25) is 9.59 Å². The van der Waals surface area contributed by atoms with Crippen LogP contribution in [0.3, 0.4) is 0 Å². The Bertz CT molecular complexity index is 1230. The number of primary amides is 1. The Labute approximate surface area is 217 Å². The summed E-state index contributed by atoms with van der Waals surface area (Å²) >= 11 is 0. The summed E-state index contributed by atoms with van der Waals surface area (Å²) in [4.78, 5) is 24.9. The Morgan fingerprint density at radius 3 is 2.30 bits per heavy atom. The highest BCUT2D eigenvalue weighted by molar-refractivity contribution is 5.89. The first-order chi connectivity index (χ1) is 17.7. The van der Waals surface area contributed by atoms with Crippen LogP contribution >= 0.6 is 0 Å². The zero-order valence-corrected chi connectivity index (χ0v) is 21.7. The zero-order chi connectivity index (χ0) is 27.0. The van der Waals surface area contributed by atoms with Gasteiger partial charge in [-0.25, -0.2) is 0 Å². The van der Waals surface area contributed by atoms with E-state index in [0.717, 1.165) is 11.1 Å². The van der Waals surface area contributed by atoms with E-state index < -0.39 is 11.5 Å². The second-order valence-corrected chi connectivity index (χ2v) is 8.96. The summed E-state index contributed by atoms with van der Waals surface area (Å²) in [7, 11) is 0. The fourth-order valence-electron chi connectivity index (χ4n) is 4.00. The molecule has 37 heavy (non-hydrogen) atoms. The minimum absolute atomic E-state index is 0.0696. The van der Waals surface area contributed by atoms with Gasteiger partial charge in [0.15, 0.2) is 11.5 Å². The molecule has 5 N–H and O–H groups in total. The van der Waals surface area contributed by atoms with E-state index in [1.807, 2.05) is 39.0 Å². The quantitative estimate of drug-likeness (QED) is 0.337. The van der Waals surface area contributed by atoms with Crippen LogP contribution in [0.25, 0.3) is 0 Å². The molecule has 1 atom stereocenters. The number of ether oxygens (including phenoxy) is 3. The third kappa shape index (κ3) is 7.01. The van der Waals surface area contributed by atoms with Gasteiger partial charge in [-0.2, -0.15) is 0 Å². The van der Waals surface area contributed by atoms with Gasteiger partial charge < -0.3 is 31.0 Å². The first-order valence-electron chi connectivity index (χ1n) is 12.2. The summed E-state index contributed by atoms with van der Waals surface area (Å²) in [5, 5.41) is 2.77. The molecule has 0 saturated heterocycles. The van der Waals surface area contributed by atoms with Gasteiger partial charge in [0.05, 0.1) is 12.7 Å². The number of nitrogens with two attached hydrogens (primary N) is 2. The molecule has 0 aliphatic rings. The number of nitrogens with one attached hydrogen (secondary N) is 1. The molecule has 196 valence electrons. The van der Waals surface area contributed by atoms with Crippen molar-refractivity contribution >= 4 is 17.5 Å². The highest BCUT2D eigenvalue weighted by Gasteiger charge is 2.42. The van der Waals surface area contributed by atoms with E-state index in [0.29, 0.717) is 41.7 Å². The molecule has 0 radical (unpaired) electrons. The largest absolute Gasteiger partial charge is 0.490 e. The summed E-state index contributed by atoms with van der Waals surface area (Å²) in [6.45, 7) is 7.94. The minimum atomic E-state index is -1.60. The molecular formula is C29H35N3O5. The van der Waals surface area contributed by atoms with Crippen LogP contribution in [0.2, 0.25) is 0 Å². The van der Waals surface area contributed by atoms with Crippen LogP contribution in [0.1, 0.15) is 44.4 Å². The van der Waals surface area contributed by atoms with E-state index in [-0.39, 0.29) is 18.4 Å². The number of carbonyl (C=O) groups is 2. The van der Waals surface area contributed by atoms with Crippen LogP contribution in [-0.2, 0) is 28.2 Å². The molecule has 0 fully saturated rings. The van der Waals surface area contributed by atoms with E-state index in [9.17, 15) is 9.59 Å². The first kappa shape index (κ1) is 27.5. The molecule has 0 aromatic heterocycles. The molecule has 3 aromatic rings. The smallest absolute Gasteiger partial charge is 0.266 e. The lowest BCUT2D eigenvalue weighted by molar-refractivity contribution is -0.134. The second-order valence-electron chi connectivity index (χ2n) is 8.96. The number of rotatable bonds is 12. The number of benzene rings is 3. The predicted octanol–water partition coefficient (Wildman–Crippen LogP) is 4.29. The lowest BCUT2D eigenvalue weighted by atomic mass is 9.85. The molecule has 0 saturated carbocycles. The van der Waals surface area contributed by atoms with Crippen molar-refractivity contribution in [2.24, 2.45) is 11.5 Å². The Kier molecular flexibility index (Phi) is 9.14. The Balaban J connectivity index is 2.15. The highest BCUT2D eigenvalue weighted by atomic mass is 16.5. The van der Waals surface area contributed by atoms with Crippen molar-refractivity contribution in [3.63, 3.8) is 0 Å². The van der Waals surface area contributed by atoms with Crippen LogP contribution in [-0.4, -0.2) is 24.5 Å². The number of carbonyl (C=O) groups excluding carboxylic acids is 2. The summed E-state index contributed by atoms with van der Waals surface area (Å²) in [6.07, 6.45) is 0.0319. The maximum atomic E-state index is 13.3. The molecule has 0 aliphatic carbocycles. The SMILES string of the molecule is CCOc1cc(C(Cc2cccc(NC(C)=O)c2)(Oc2ccc(CN)cc2)C(N)=O)ccc1OC(C)C. The van der Waals surface area contributed by atoms with E-state index in [2.05, 4.69) is 5.32 Å². The maximum Gasteiger partial charge on any atom is 0.266 e. The molecule has 3 rings (SSSR count). The molecule has 0 aliphatic heterocycles. The van der Waals surface area contributed by atoms with Crippen LogP contribution in [0.4, 0.5) is 5.69 Å². The van der Waals surface area contributed by atoms with Crippen LogP contribution in [0, 0.1) is 0 Å². The Morgan fingerprint density at radius 1 is 0.973 bits per heavy atom. The molecule has 0 heterocycles. The van der Waals surface area contributed by atoms with Crippen LogP contribution < -0.4 is 31.0 Å². The van der Waals surface area contributed by atoms with Crippen molar-refractivity contribution in [1.29, 1.82) is 0 Å². The summed E-state index contributed by atoms with van der Waals surface area (Å²) in [5.74, 6) is 0.610. The van der Waals surface area contributed by atoms with Gasteiger partial charge in [0.2, 0.25) is 11.5 Å². The lowest BCUT2D eigenvalue weighted by Crippen LogP contribution is -2.48. The van der Waals surface area contributed by atoms with Crippen LogP contribution in [0.5, 0.6) is 17.2 Å². The monoisotopic (exact) mass is 505 g/mol. The average Bonchev–Trinajstić information content (AvgIpc) is 2.84. The van der Waals surface area contributed by atoms with Gasteiger partial charge in [-0.15, -0.1) is 0 Å². The molecule has 8 heteroatoms. The molecule has 3 aromatic carbocycles. The highest BCUT2D eigenvalue weighted by Crippen LogP contribution is 2.38. The van der Waals surface area contributed by atoms with Gasteiger partial charge in [-0.1, -0.05) is 30.3 Å². The molecular weight excluding hydrogens is 470 g/mol. The standard InChI is InChI=1S/C29H35N3O5/c1-5-35-27-16-23(11-14-26(27)36-19(2)3)29(28(31)34,37-25-12-9-21(18-30)10-13-25)17-22-7-6-8-24(15-22)32-20(4)33/h6-16,19H,5,17-18,30H2,1-4H3,(H2,31,34)(H,32,33). The molecule has 0 bridgehead atoms. The predicted molar refractivity (Wildman–Crippen MR) is 144 cm³/mol. The van der Waals surface area contributed by atoms with Crippen molar-refractivity contribution in [1.82, 2.24) is 0 Å². The van der Waals surface area contributed by atoms with E-state index in [1.54, 1.807) is 48.5 Å². The van der Waals surface area contributed by atoms with Gasteiger partial charge >= 0.3 is 0 Å². The molecule has 2 amide bonds. The zero-order valence-electron chi connectivity index (χ0n) is 21.7. The normalized spacial score (nSPS) is 12.5. The summed E-state index contributed by atoms with van der Waals surface area (Å²) < 4.78 is 18.2. The maximum absolute atomic E-state index is 13.3. The number of hydrogen-bond acceptors (Lipinski definition) is 6. The third-order valence-electron chi connectivity index (χ3n) is 5.62. The number of anilines is 1. The Hall–Kier alpha value is -4.04. The van der Waals surface area contributed by atoms with Gasteiger partial charge in [0, 0.05) is 31.1 Å². The topological polar surface area (TPSA) is 126 Å². The van der Waals surface area contributed by atoms with Crippen molar-refractivity contribution < 1.29 is 23.8 Å². The average molecular weight is 506 g/mol. The molecule has 8 nitrogen and oxygen atoms in total. The molecule has 0 spiro atoms. The van der Waals surface area contributed by atoms with Crippen molar-refractivity contribution in [3.8, 4) is 17.2 Å². The third-order valence-corrected chi connectivity index (χ3v) is 5.62. The van der Waals surface area contributed by atoms with E-state index >= 15 is 0 Å². The van der Waals surface area contributed by atoms with Gasteiger partial charge in [-0.05, 0) is 68.3 Å². The second kappa shape index (κ2) is 12.3. The van der Waals surface area contributed by atoms with Crippen molar-refractivity contribution in [2.45, 2.75) is 52.4 Å². The summed E-state index contributed by atoms with van der Waals surface area (Å²) in [6, 6.07) is 19.7. The van der Waals surface area contributed by atoms with Crippen molar-refractivity contribution in [3.05, 3.63) is 83.4 Å². The molecule has 1 unspecified atom stereocenters. The minimum Gasteiger partial charge on any atom is -0.490 e. The summed E-state index contributed by atoms with van der Waals surface area (Å²) in [5.41, 5.74) is 13.0. The fourth-order valence-corrected chi connectivity index (χ4v) is 4.00. The van der Waals surface area contributed by atoms with E-state index in [4.69, 9.17) is 25.7 Å². The van der Waals surface area contributed by atoms with Gasteiger partial charge in [0.25, 0.3) is 5.91 Å². The lowest BCUT2D eigenvalue weighted by Gasteiger charge is -2.33.